The van der Waals surface area contributed by atoms with Crippen LogP contribution in [0.25, 0.3) is 27.8 Å². The Bertz CT molecular complexity index is 1450. The number of anilines is 1. The lowest BCUT2D eigenvalue weighted by Crippen LogP contribution is -2.16. The maximum absolute atomic E-state index is 13.0. The summed E-state index contributed by atoms with van der Waals surface area (Å²) in [6, 6.07) is 13.3. The predicted molar refractivity (Wildman–Crippen MR) is 122 cm³/mol. The van der Waals surface area contributed by atoms with Gasteiger partial charge in [0, 0.05) is 17.8 Å². The molecule has 0 saturated heterocycles. The number of hydrogen-bond donors (Lipinski definition) is 1. The molecule has 0 unspecified atom stereocenters. The number of amides is 1. The fraction of sp³-hybridized carbons (Fsp3) is 0.0435. The van der Waals surface area contributed by atoms with Crippen LogP contribution in [0.3, 0.4) is 0 Å². The number of carbonyl (C=O) groups excluding carboxylic acids is 1. The highest BCUT2D eigenvalue weighted by Crippen LogP contribution is 2.31. The highest BCUT2D eigenvalue weighted by molar-refractivity contribution is 6.32. The number of halogens is 1. The molecular formula is C23H16ClN7O. The van der Waals surface area contributed by atoms with E-state index in [2.05, 4.69) is 30.5 Å². The van der Waals surface area contributed by atoms with Crippen LogP contribution >= 0.6 is 11.6 Å². The van der Waals surface area contributed by atoms with Crippen molar-refractivity contribution in [1.82, 2.24) is 29.9 Å². The van der Waals surface area contributed by atoms with E-state index in [0.29, 0.717) is 22.2 Å². The molecule has 0 aliphatic heterocycles. The van der Waals surface area contributed by atoms with E-state index >= 15 is 0 Å². The van der Waals surface area contributed by atoms with Crippen molar-refractivity contribution in [3.63, 3.8) is 0 Å². The molecule has 8 nitrogen and oxygen atoms in total. The van der Waals surface area contributed by atoms with E-state index in [9.17, 15) is 4.79 Å². The lowest BCUT2D eigenvalue weighted by atomic mass is 9.96. The second kappa shape index (κ2) is 8.16. The largest absolute Gasteiger partial charge is 0.319 e. The maximum atomic E-state index is 13.0. The van der Waals surface area contributed by atoms with Gasteiger partial charge in [-0.15, -0.1) is 4.80 Å². The van der Waals surface area contributed by atoms with Crippen LogP contribution < -0.4 is 5.32 Å². The van der Waals surface area contributed by atoms with Gasteiger partial charge in [0.1, 0.15) is 5.69 Å². The molecule has 0 spiro atoms. The average Bonchev–Trinajstić information content (AvgIpc) is 3.33. The minimum absolute atomic E-state index is 0.306. The van der Waals surface area contributed by atoms with Gasteiger partial charge in [-0.05, 0) is 47.9 Å². The number of nitrogens with zero attached hydrogens (tertiary/aromatic N) is 6. The normalized spacial score (nSPS) is 10.9. The van der Waals surface area contributed by atoms with E-state index in [1.807, 2.05) is 43.3 Å². The molecule has 5 aromatic rings. The molecule has 0 aliphatic rings. The molecule has 4 heterocycles. The number of benzene rings is 1. The van der Waals surface area contributed by atoms with Gasteiger partial charge in [0.15, 0.2) is 5.82 Å². The first-order valence-electron chi connectivity index (χ1n) is 9.75. The van der Waals surface area contributed by atoms with Crippen molar-refractivity contribution in [1.29, 1.82) is 0 Å². The quantitative estimate of drug-likeness (QED) is 0.441. The van der Waals surface area contributed by atoms with E-state index < -0.39 is 0 Å². The van der Waals surface area contributed by atoms with Gasteiger partial charge in [0.2, 0.25) is 0 Å². The fourth-order valence-corrected chi connectivity index (χ4v) is 3.80. The topological polar surface area (TPSA) is 98.5 Å². The number of fused-ring (bicyclic) bond motifs is 1. The zero-order valence-corrected chi connectivity index (χ0v) is 17.7. The van der Waals surface area contributed by atoms with Crippen LogP contribution in [-0.2, 0) is 0 Å². The Morgan fingerprint density at radius 1 is 0.938 bits per heavy atom. The number of aromatic nitrogens is 6. The third-order valence-electron chi connectivity index (χ3n) is 5.04. The van der Waals surface area contributed by atoms with Crippen molar-refractivity contribution < 1.29 is 4.79 Å². The van der Waals surface area contributed by atoms with E-state index in [4.69, 9.17) is 11.6 Å². The summed E-state index contributed by atoms with van der Waals surface area (Å²) in [6.07, 6.45) is 7.95. The molecule has 1 aromatic carbocycles. The van der Waals surface area contributed by atoms with Gasteiger partial charge in [-0.2, -0.15) is 10.2 Å². The third kappa shape index (κ3) is 3.57. The Morgan fingerprint density at radius 2 is 1.78 bits per heavy atom. The van der Waals surface area contributed by atoms with E-state index in [0.717, 1.165) is 27.6 Å². The van der Waals surface area contributed by atoms with Gasteiger partial charge in [-0.1, -0.05) is 29.8 Å². The summed E-state index contributed by atoms with van der Waals surface area (Å²) in [4.78, 5) is 27.3. The molecule has 0 bridgehead atoms. The maximum Gasteiger partial charge on any atom is 0.274 e. The van der Waals surface area contributed by atoms with Crippen molar-refractivity contribution in [2.45, 2.75) is 6.92 Å². The summed E-state index contributed by atoms with van der Waals surface area (Å²) in [7, 11) is 0. The molecule has 0 radical (unpaired) electrons. The number of carbonyl (C=O) groups is 1. The van der Waals surface area contributed by atoms with E-state index in [1.54, 1.807) is 18.5 Å². The zero-order chi connectivity index (χ0) is 22.1. The Kier molecular flexibility index (Phi) is 5.04. The molecule has 1 N–H and O–H groups in total. The second-order valence-corrected chi connectivity index (χ2v) is 7.42. The molecule has 0 saturated carbocycles. The van der Waals surface area contributed by atoms with Crippen LogP contribution in [0.4, 0.5) is 5.69 Å². The number of nitrogens with one attached hydrogen (secondary N) is 1. The average molecular weight is 442 g/mol. The van der Waals surface area contributed by atoms with Gasteiger partial charge >= 0.3 is 0 Å². The van der Waals surface area contributed by atoms with Crippen molar-refractivity contribution in [2.75, 3.05) is 5.32 Å². The fourth-order valence-electron chi connectivity index (χ4n) is 3.56. The lowest BCUT2D eigenvalue weighted by Gasteiger charge is -2.13. The van der Waals surface area contributed by atoms with Gasteiger partial charge in [0.25, 0.3) is 5.91 Å². The van der Waals surface area contributed by atoms with Crippen LogP contribution in [-0.4, -0.2) is 35.9 Å². The summed E-state index contributed by atoms with van der Waals surface area (Å²) < 4.78 is 0. The molecule has 0 aliphatic carbocycles. The van der Waals surface area contributed by atoms with Gasteiger partial charge in [0.05, 0.1) is 34.8 Å². The number of pyridine rings is 3. The van der Waals surface area contributed by atoms with Crippen molar-refractivity contribution in [3.05, 3.63) is 89.7 Å². The highest BCUT2D eigenvalue weighted by Gasteiger charge is 2.17. The zero-order valence-electron chi connectivity index (χ0n) is 16.9. The monoisotopic (exact) mass is 441 g/mol. The first-order chi connectivity index (χ1) is 15.6. The van der Waals surface area contributed by atoms with E-state index in [-0.39, 0.29) is 5.91 Å². The molecule has 0 fully saturated rings. The molecular weight excluding hydrogens is 426 g/mol. The van der Waals surface area contributed by atoms with Crippen LogP contribution in [0.2, 0.25) is 5.02 Å². The molecule has 9 heteroatoms. The smallest absolute Gasteiger partial charge is 0.274 e. The highest BCUT2D eigenvalue weighted by atomic mass is 35.5. The molecule has 32 heavy (non-hydrogen) atoms. The first kappa shape index (κ1) is 19.8. The third-order valence-corrected chi connectivity index (χ3v) is 5.32. The molecule has 0 atom stereocenters. The second-order valence-electron chi connectivity index (χ2n) is 7.01. The number of hydrogen-bond acceptors (Lipinski definition) is 6. The molecule has 1 amide bonds. The minimum atomic E-state index is -0.356. The molecule has 5 rings (SSSR count). The summed E-state index contributed by atoms with van der Waals surface area (Å²) in [6.45, 7) is 1.88. The molecule has 156 valence electrons. The van der Waals surface area contributed by atoms with Gasteiger partial charge in [-0.25, -0.2) is 4.98 Å². The van der Waals surface area contributed by atoms with Crippen LogP contribution in [0.5, 0.6) is 0 Å². The van der Waals surface area contributed by atoms with Crippen molar-refractivity contribution in [2.24, 2.45) is 0 Å². The Labute approximate surface area is 187 Å². The Morgan fingerprint density at radius 3 is 2.59 bits per heavy atom. The minimum Gasteiger partial charge on any atom is -0.319 e. The van der Waals surface area contributed by atoms with Crippen molar-refractivity contribution >= 4 is 34.1 Å². The van der Waals surface area contributed by atoms with Crippen LogP contribution in [0, 0.1) is 6.92 Å². The van der Waals surface area contributed by atoms with Gasteiger partial charge < -0.3 is 5.32 Å². The predicted octanol–water partition coefficient (Wildman–Crippen LogP) is 4.49. The molecule has 4 aromatic heterocycles. The Balaban J connectivity index is 1.47. The summed E-state index contributed by atoms with van der Waals surface area (Å²) in [5.74, 6) is 0.0149. The Hall–Kier alpha value is -4.17. The summed E-state index contributed by atoms with van der Waals surface area (Å²) >= 11 is 6.31. The van der Waals surface area contributed by atoms with Crippen molar-refractivity contribution in [3.8, 4) is 16.9 Å². The summed E-state index contributed by atoms with van der Waals surface area (Å²) in [5.41, 5.74) is 4.32. The van der Waals surface area contributed by atoms with E-state index in [1.165, 1.54) is 23.4 Å². The summed E-state index contributed by atoms with van der Waals surface area (Å²) in [5, 5.41) is 12.2. The van der Waals surface area contributed by atoms with Crippen LogP contribution in [0.1, 0.15) is 16.1 Å². The first-order valence-corrected chi connectivity index (χ1v) is 10.1. The standard InChI is InChI=1S/C23H16ClN7O/c1-14-16(17-4-2-6-20-18(17)5-3-8-25-20)7-9-26-21(14)23(32)30-15-12-19(24)22(27-13-15)31-28-10-11-29-31/h2-13H,1H3,(H,30,32). The van der Waals surface area contributed by atoms with Crippen LogP contribution in [0.15, 0.2) is 73.4 Å². The SMILES string of the molecule is Cc1c(-c2cccc3ncccc23)ccnc1C(=O)Nc1cnc(-n2nccn2)c(Cl)c1. The lowest BCUT2D eigenvalue weighted by molar-refractivity contribution is 0.102. The van der Waals surface area contributed by atoms with Gasteiger partial charge in [-0.3, -0.25) is 14.8 Å². The number of rotatable bonds is 4.